The Hall–Kier alpha value is -1.51. The number of hydrogen-bond donors (Lipinski definition) is 4. The van der Waals surface area contributed by atoms with Crippen molar-refractivity contribution in [3.05, 3.63) is 0 Å². The molecule has 3 fully saturated rings. The summed E-state index contributed by atoms with van der Waals surface area (Å²) >= 11 is 0. The molecular formula is C13H23N5O7S. The molecule has 3 heterocycles. The second-order valence-electron chi connectivity index (χ2n) is 6.73. The zero-order valence-electron chi connectivity index (χ0n) is 14.0. The number of urea groups is 1. The molecular weight excluding hydrogens is 370 g/mol. The van der Waals surface area contributed by atoms with E-state index in [4.69, 9.17) is 15.1 Å². The van der Waals surface area contributed by atoms with Gasteiger partial charge in [-0.1, -0.05) is 0 Å². The second kappa shape index (κ2) is 7.62. The number of piperidine rings is 1. The minimum atomic E-state index is -4.81. The lowest BCUT2D eigenvalue weighted by molar-refractivity contribution is -0.139. The zero-order chi connectivity index (χ0) is 18.9. The van der Waals surface area contributed by atoms with Gasteiger partial charge < -0.3 is 16.0 Å². The molecule has 3 aliphatic heterocycles. The summed E-state index contributed by atoms with van der Waals surface area (Å²) in [6, 6.07) is -2.01. The van der Waals surface area contributed by atoms with Crippen LogP contribution in [0.3, 0.4) is 0 Å². The van der Waals surface area contributed by atoms with Crippen molar-refractivity contribution in [3.63, 3.8) is 0 Å². The van der Waals surface area contributed by atoms with Crippen LogP contribution >= 0.6 is 0 Å². The highest BCUT2D eigenvalue weighted by atomic mass is 32.3. The van der Waals surface area contributed by atoms with Gasteiger partial charge in [0.25, 0.3) is 5.91 Å². The number of hydrogen-bond acceptors (Lipinski definition) is 8. The molecule has 0 spiro atoms. The Labute approximate surface area is 150 Å². The highest BCUT2D eigenvalue weighted by molar-refractivity contribution is 7.80. The van der Waals surface area contributed by atoms with Gasteiger partial charge in [0, 0.05) is 12.6 Å². The maximum absolute atomic E-state index is 12.3. The fraction of sp³-hybridized carbons (Fsp3) is 0.846. The highest BCUT2D eigenvalue weighted by Crippen LogP contribution is 2.30. The van der Waals surface area contributed by atoms with Crippen molar-refractivity contribution < 1.29 is 31.7 Å². The van der Waals surface area contributed by atoms with Crippen LogP contribution in [0.25, 0.3) is 0 Å². The molecule has 26 heavy (non-hydrogen) atoms. The quantitative estimate of drug-likeness (QED) is 0.282. The topological polar surface area (TPSA) is 164 Å². The predicted octanol–water partition coefficient (Wildman–Crippen LogP) is -2.03. The van der Waals surface area contributed by atoms with Crippen molar-refractivity contribution in [1.29, 1.82) is 0 Å². The van der Waals surface area contributed by atoms with E-state index >= 15 is 0 Å². The molecule has 3 amide bonds. The van der Waals surface area contributed by atoms with Crippen molar-refractivity contribution in [1.82, 2.24) is 20.8 Å². The van der Waals surface area contributed by atoms with E-state index < -0.39 is 34.4 Å². The Morgan fingerprint density at radius 3 is 2.85 bits per heavy atom. The summed E-state index contributed by atoms with van der Waals surface area (Å²) in [5.41, 5.74) is 7.96. The number of rotatable bonds is 7. The first kappa shape index (κ1) is 19.3. The maximum atomic E-state index is 12.3. The average Bonchev–Trinajstić information content (AvgIpc) is 3.13. The lowest BCUT2D eigenvalue weighted by Gasteiger charge is -2.29. The standard InChI is InChI=1S/C13H23N5O7S/c14-4-8-3-9(15-5-8)7-24-16-12(19)11-2-1-10-6-17(11)13(20)18(10)25-26(21,22)23/h8-11,15H,1-7,14H2,(H,16,19)(H,21,22,23)/t8-,9-,10?,11?/m1/s1. The molecule has 0 aromatic heterocycles. The van der Waals surface area contributed by atoms with Crippen LogP contribution in [0.2, 0.25) is 0 Å². The number of nitrogens with one attached hydrogen (secondary N) is 2. The Morgan fingerprint density at radius 1 is 1.42 bits per heavy atom. The van der Waals surface area contributed by atoms with Gasteiger partial charge in [-0.15, -0.1) is 4.28 Å². The Morgan fingerprint density at radius 2 is 2.19 bits per heavy atom. The monoisotopic (exact) mass is 393 g/mol. The normalized spacial score (nSPS) is 31.5. The minimum absolute atomic E-state index is 0.103. The fourth-order valence-corrected chi connectivity index (χ4v) is 3.98. The first-order valence-corrected chi connectivity index (χ1v) is 9.77. The van der Waals surface area contributed by atoms with E-state index in [1.54, 1.807) is 0 Å². The molecule has 2 bridgehead atoms. The van der Waals surface area contributed by atoms with Gasteiger partial charge in [-0.3, -0.25) is 14.2 Å². The van der Waals surface area contributed by atoms with Crippen molar-refractivity contribution in [3.8, 4) is 0 Å². The van der Waals surface area contributed by atoms with E-state index in [2.05, 4.69) is 15.1 Å². The van der Waals surface area contributed by atoms with Gasteiger partial charge >= 0.3 is 16.4 Å². The number of nitrogens with zero attached hydrogens (tertiary/aromatic N) is 2. The Balaban J connectivity index is 1.49. The molecule has 0 radical (unpaired) electrons. The van der Waals surface area contributed by atoms with Crippen LogP contribution in [0.15, 0.2) is 0 Å². The molecule has 2 unspecified atom stereocenters. The molecule has 0 aromatic carbocycles. The predicted molar refractivity (Wildman–Crippen MR) is 86.4 cm³/mol. The first-order chi connectivity index (χ1) is 12.3. The molecule has 0 aromatic rings. The number of nitrogens with two attached hydrogens (primary N) is 1. The Kier molecular flexibility index (Phi) is 5.64. The van der Waals surface area contributed by atoms with E-state index in [9.17, 15) is 18.0 Å². The molecule has 148 valence electrons. The molecule has 3 rings (SSSR count). The van der Waals surface area contributed by atoms with Crippen LogP contribution < -0.4 is 16.5 Å². The summed E-state index contributed by atoms with van der Waals surface area (Å²) in [6.07, 6.45) is 1.55. The lowest BCUT2D eigenvalue weighted by Crippen LogP contribution is -2.50. The third-order valence-corrected chi connectivity index (χ3v) is 5.25. The first-order valence-electron chi connectivity index (χ1n) is 8.40. The van der Waals surface area contributed by atoms with Gasteiger partial charge in [0.15, 0.2) is 0 Å². The number of carbonyl (C=O) groups is 2. The molecule has 13 heteroatoms. The molecule has 3 aliphatic rings. The van der Waals surface area contributed by atoms with Crippen molar-refractivity contribution in [2.75, 3.05) is 26.2 Å². The van der Waals surface area contributed by atoms with Gasteiger partial charge in [-0.2, -0.15) is 13.5 Å². The van der Waals surface area contributed by atoms with Gasteiger partial charge in [-0.05, 0) is 38.3 Å². The molecule has 5 N–H and O–H groups in total. The number of hydroxylamine groups is 3. The van der Waals surface area contributed by atoms with Gasteiger partial charge in [0.2, 0.25) is 0 Å². The van der Waals surface area contributed by atoms with E-state index in [1.807, 2.05) is 0 Å². The average molecular weight is 393 g/mol. The smallest absolute Gasteiger partial charge is 0.330 e. The van der Waals surface area contributed by atoms with Crippen molar-refractivity contribution in [2.45, 2.75) is 37.4 Å². The molecule has 0 aliphatic carbocycles. The van der Waals surface area contributed by atoms with Crippen molar-refractivity contribution in [2.24, 2.45) is 11.7 Å². The summed E-state index contributed by atoms with van der Waals surface area (Å²) in [4.78, 5) is 31.0. The second-order valence-corrected chi connectivity index (χ2v) is 7.73. The Bertz CT molecular complexity index is 659. The van der Waals surface area contributed by atoms with Crippen LogP contribution in [0.4, 0.5) is 4.79 Å². The summed E-state index contributed by atoms with van der Waals surface area (Å²) in [5, 5.41) is 3.84. The van der Waals surface area contributed by atoms with Gasteiger partial charge in [-0.25, -0.2) is 10.3 Å². The zero-order valence-corrected chi connectivity index (χ0v) is 14.9. The van der Waals surface area contributed by atoms with Crippen LogP contribution in [-0.4, -0.2) is 79.2 Å². The van der Waals surface area contributed by atoms with Gasteiger partial charge in [0.1, 0.15) is 6.04 Å². The summed E-state index contributed by atoms with van der Waals surface area (Å²) in [5.74, 6) is -0.0931. The highest BCUT2D eigenvalue weighted by Gasteiger charge is 2.49. The molecule has 0 saturated carbocycles. The van der Waals surface area contributed by atoms with Crippen LogP contribution in [0, 0.1) is 5.92 Å². The fourth-order valence-electron chi connectivity index (χ4n) is 3.59. The number of amides is 3. The largest absolute Gasteiger partial charge is 0.418 e. The minimum Gasteiger partial charge on any atom is -0.330 e. The van der Waals surface area contributed by atoms with Crippen LogP contribution in [0.5, 0.6) is 0 Å². The van der Waals surface area contributed by atoms with E-state index in [-0.39, 0.29) is 19.2 Å². The van der Waals surface area contributed by atoms with Gasteiger partial charge in [0.05, 0.1) is 12.6 Å². The number of fused-ring (bicyclic) bond motifs is 2. The maximum Gasteiger partial charge on any atom is 0.418 e. The molecule has 3 saturated heterocycles. The summed E-state index contributed by atoms with van der Waals surface area (Å²) < 4.78 is 34.8. The molecule has 4 atom stereocenters. The molecule has 12 nitrogen and oxygen atoms in total. The van der Waals surface area contributed by atoms with Crippen LogP contribution in [0.1, 0.15) is 19.3 Å². The van der Waals surface area contributed by atoms with E-state index in [0.717, 1.165) is 13.0 Å². The third kappa shape index (κ3) is 4.24. The van der Waals surface area contributed by atoms with E-state index in [1.165, 1.54) is 4.90 Å². The lowest BCUT2D eigenvalue weighted by atomic mass is 10.0. The van der Waals surface area contributed by atoms with Crippen LogP contribution in [-0.2, 0) is 24.3 Å². The third-order valence-electron chi connectivity index (χ3n) is 4.90. The van der Waals surface area contributed by atoms with Crippen molar-refractivity contribution >= 4 is 22.3 Å². The summed E-state index contributed by atoms with van der Waals surface area (Å²) in [6.45, 7) is 1.82. The summed E-state index contributed by atoms with van der Waals surface area (Å²) in [7, 11) is -4.81. The number of carbonyl (C=O) groups excluding carboxylic acids is 2. The van der Waals surface area contributed by atoms with E-state index in [0.29, 0.717) is 30.4 Å². The SMILES string of the molecule is NC[C@@H]1CN[C@@H](CONC(=O)C2CCC3CN2C(=O)N3OS(=O)(=O)O)C1.